The van der Waals surface area contributed by atoms with Gasteiger partial charge < -0.3 is 9.64 Å². The molecule has 3 rings (SSSR count). The van der Waals surface area contributed by atoms with E-state index in [0.717, 1.165) is 30.9 Å². The van der Waals surface area contributed by atoms with Gasteiger partial charge in [-0.1, -0.05) is 0 Å². The van der Waals surface area contributed by atoms with Crippen LogP contribution in [0.4, 0.5) is 5.82 Å². The summed E-state index contributed by atoms with van der Waals surface area (Å²) in [6, 6.07) is 5.89. The number of esters is 1. The molecule has 0 amide bonds. The maximum absolute atomic E-state index is 11.9. The topological polar surface area (TPSA) is 55.3 Å². The van der Waals surface area contributed by atoms with Gasteiger partial charge in [-0.25, -0.2) is 4.79 Å². The molecule has 0 radical (unpaired) electrons. The highest BCUT2D eigenvalue weighted by Gasteiger charge is 2.27. The van der Waals surface area contributed by atoms with E-state index >= 15 is 0 Å². The number of aromatic nitrogens is 2. The van der Waals surface area contributed by atoms with Crippen molar-refractivity contribution in [2.24, 2.45) is 0 Å². The van der Waals surface area contributed by atoms with Crippen LogP contribution < -0.4 is 4.90 Å². The van der Waals surface area contributed by atoms with Gasteiger partial charge >= 0.3 is 5.97 Å². The Morgan fingerprint density at radius 2 is 2.33 bits per heavy atom. The molecule has 21 heavy (non-hydrogen) atoms. The number of hydrogen-bond acceptors (Lipinski definition) is 6. The number of carbonyl (C=O) groups is 1. The van der Waals surface area contributed by atoms with Crippen LogP contribution in [0.1, 0.15) is 28.9 Å². The normalized spacial score (nSPS) is 18.0. The first kappa shape index (κ1) is 14.0. The highest BCUT2D eigenvalue weighted by Crippen LogP contribution is 2.23. The quantitative estimate of drug-likeness (QED) is 0.813. The summed E-state index contributed by atoms with van der Waals surface area (Å²) in [6.07, 6.45) is 2.09. The van der Waals surface area contributed by atoms with E-state index < -0.39 is 0 Å². The van der Waals surface area contributed by atoms with E-state index in [4.69, 9.17) is 4.74 Å². The summed E-state index contributed by atoms with van der Waals surface area (Å²) < 4.78 is 5.42. The molecule has 2 aromatic rings. The first-order valence-corrected chi connectivity index (χ1v) is 7.94. The third-order valence-electron chi connectivity index (χ3n) is 3.62. The van der Waals surface area contributed by atoms with E-state index in [-0.39, 0.29) is 12.0 Å². The van der Waals surface area contributed by atoms with Gasteiger partial charge in [0, 0.05) is 11.9 Å². The van der Waals surface area contributed by atoms with Crippen LogP contribution in [0, 0.1) is 6.92 Å². The van der Waals surface area contributed by atoms with E-state index in [1.54, 1.807) is 11.4 Å². The number of anilines is 1. The summed E-state index contributed by atoms with van der Waals surface area (Å²) in [5.74, 6) is 0.604. The molecule has 0 aliphatic carbocycles. The lowest BCUT2D eigenvalue weighted by atomic mass is 10.2. The minimum Gasteiger partial charge on any atom is -0.460 e. The van der Waals surface area contributed by atoms with Crippen molar-refractivity contribution in [1.29, 1.82) is 0 Å². The molecule has 1 aliphatic rings. The Morgan fingerprint density at radius 3 is 3.05 bits per heavy atom. The summed E-state index contributed by atoms with van der Waals surface area (Å²) in [6.45, 7) is 3.24. The van der Waals surface area contributed by atoms with Gasteiger partial charge in [-0.05, 0) is 43.3 Å². The number of carbonyl (C=O) groups excluding carboxylic acids is 1. The number of rotatable bonds is 4. The lowest BCUT2D eigenvalue weighted by molar-refractivity contribution is 0.0483. The van der Waals surface area contributed by atoms with Crippen LogP contribution in [-0.2, 0) is 4.74 Å². The fraction of sp³-hybridized carbons (Fsp3) is 0.400. The van der Waals surface area contributed by atoms with E-state index in [1.807, 2.05) is 24.4 Å². The zero-order valence-electron chi connectivity index (χ0n) is 11.9. The number of nitrogens with zero attached hydrogens (tertiary/aromatic N) is 3. The smallest absolute Gasteiger partial charge is 0.339 e. The standard InChI is InChI=1S/C15H17N3O2S/c1-11-4-5-14(17-16-11)18-7-2-3-13(18)9-20-15(19)12-6-8-21-10-12/h4-6,8,10,13H,2-3,7,9H2,1H3/t13-/m1/s1. The zero-order chi connectivity index (χ0) is 14.7. The van der Waals surface area contributed by atoms with Gasteiger partial charge in [-0.15, -0.1) is 5.10 Å². The monoisotopic (exact) mass is 303 g/mol. The zero-order valence-corrected chi connectivity index (χ0v) is 12.7. The average Bonchev–Trinajstić information content (AvgIpc) is 3.17. The van der Waals surface area contributed by atoms with Crippen molar-refractivity contribution in [1.82, 2.24) is 10.2 Å². The van der Waals surface area contributed by atoms with E-state index in [1.165, 1.54) is 11.3 Å². The van der Waals surface area contributed by atoms with Gasteiger partial charge in [-0.2, -0.15) is 16.4 Å². The second kappa shape index (κ2) is 6.22. The minimum atomic E-state index is -0.252. The minimum absolute atomic E-state index is 0.185. The highest BCUT2D eigenvalue weighted by atomic mass is 32.1. The molecular formula is C15H17N3O2S. The summed E-state index contributed by atoms with van der Waals surface area (Å²) >= 11 is 1.50. The predicted molar refractivity (Wildman–Crippen MR) is 81.7 cm³/mol. The Labute approximate surface area is 127 Å². The van der Waals surface area contributed by atoms with Crippen molar-refractivity contribution in [3.8, 4) is 0 Å². The fourth-order valence-corrected chi connectivity index (χ4v) is 3.12. The van der Waals surface area contributed by atoms with Gasteiger partial charge in [0.2, 0.25) is 0 Å². The number of ether oxygens (including phenoxy) is 1. The maximum atomic E-state index is 11.9. The molecule has 110 valence electrons. The lowest BCUT2D eigenvalue weighted by Crippen LogP contribution is -2.34. The molecule has 1 atom stereocenters. The first-order valence-electron chi connectivity index (χ1n) is 7.00. The van der Waals surface area contributed by atoms with Crippen molar-refractivity contribution in [2.75, 3.05) is 18.1 Å². The van der Waals surface area contributed by atoms with Crippen LogP contribution in [0.25, 0.3) is 0 Å². The first-order chi connectivity index (χ1) is 10.2. The van der Waals surface area contributed by atoms with Crippen LogP contribution in [0.2, 0.25) is 0 Å². The summed E-state index contributed by atoms with van der Waals surface area (Å²) in [5.41, 5.74) is 1.53. The molecular weight excluding hydrogens is 286 g/mol. The van der Waals surface area contributed by atoms with Crippen molar-refractivity contribution >= 4 is 23.1 Å². The molecule has 2 aromatic heterocycles. The Bertz CT molecular complexity index is 598. The molecule has 0 unspecified atom stereocenters. The summed E-state index contributed by atoms with van der Waals surface area (Å²) in [7, 11) is 0. The third kappa shape index (κ3) is 3.21. The molecule has 5 nitrogen and oxygen atoms in total. The maximum Gasteiger partial charge on any atom is 0.339 e. The van der Waals surface area contributed by atoms with Gasteiger partial charge in [0.1, 0.15) is 6.61 Å². The SMILES string of the molecule is Cc1ccc(N2CCC[C@@H]2COC(=O)c2ccsc2)nn1. The lowest BCUT2D eigenvalue weighted by Gasteiger charge is -2.24. The predicted octanol–water partition coefficient (Wildman–Crippen LogP) is 2.67. The van der Waals surface area contributed by atoms with Crippen molar-refractivity contribution in [3.05, 3.63) is 40.2 Å². The number of hydrogen-bond donors (Lipinski definition) is 0. The molecule has 0 N–H and O–H groups in total. The average molecular weight is 303 g/mol. The fourth-order valence-electron chi connectivity index (χ4n) is 2.49. The second-order valence-electron chi connectivity index (χ2n) is 5.13. The van der Waals surface area contributed by atoms with E-state index in [0.29, 0.717) is 12.2 Å². The Hall–Kier alpha value is -1.95. The van der Waals surface area contributed by atoms with Gasteiger partial charge in [0.05, 0.1) is 17.3 Å². The Morgan fingerprint density at radius 1 is 1.43 bits per heavy atom. The molecule has 1 saturated heterocycles. The molecule has 0 saturated carbocycles. The highest BCUT2D eigenvalue weighted by molar-refractivity contribution is 7.08. The molecule has 6 heteroatoms. The molecule has 0 aromatic carbocycles. The third-order valence-corrected chi connectivity index (χ3v) is 4.30. The molecule has 1 aliphatic heterocycles. The summed E-state index contributed by atoms with van der Waals surface area (Å²) in [4.78, 5) is 14.1. The van der Waals surface area contributed by atoms with Crippen LogP contribution in [0.3, 0.4) is 0 Å². The van der Waals surface area contributed by atoms with Gasteiger partial charge in [0.25, 0.3) is 0 Å². The molecule has 0 spiro atoms. The largest absolute Gasteiger partial charge is 0.460 e. The Balaban J connectivity index is 1.62. The summed E-state index contributed by atoms with van der Waals surface area (Å²) in [5, 5.41) is 12.0. The number of aryl methyl sites for hydroxylation is 1. The van der Waals surface area contributed by atoms with E-state index in [9.17, 15) is 4.79 Å². The van der Waals surface area contributed by atoms with Crippen molar-refractivity contribution < 1.29 is 9.53 Å². The van der Waals surface area contributed by atoms with Crippen LogP contribution in [0.5, 0.6) is 0 Å². The van der Waals surface area contributed by atoms with Crippen LogP contribution in [0.15, 0.2) is 29.0 Å². The van der Waals surface area contributed by atoms with Crippen LogP contribution in [-0.4, -0.2) is 35.4 Å². The van der Waals surface area contributed by atoms with Crippen molar-refractivity contribution in [3.63, 3.8) is 0 Å². The Kier molecular flexibility index (Phi) is 4.15. The van der Waals surface area contributed by atoms with Crippen LogP contribution >= 0.6 is 11.3 Å². The molecule has 3 heterocycles. The van der Waals surface area contributed by atoms with E-state index in [2.05, 4.69) is 15.1 Å². The van der Waals surface area contributed by atoms with Gasteiger partial charge in [0.15, 0.2) is 5.82 Å². The second-order valence-corrected chi connectivity index (χ2v) is 5.91. The molecule has 0 bridgehead atoms. The number of thiophene rings is 1. The molecule has 1 fully saturated rings. The van der Waals surface area contributed by atoms with Crippen molar-refractivity contribution in [2.45, 2.75) is 25.8 Å². The van der Waals surface area contributed by atoms with Gasteiger partial charge in [-0.3, -0.25) is 0 Å².